The zero-order valence-electron chi connectivity index (χ0n) is 18.0. The van der Waals surface area contributed by atoms with Crippen LogP contribution in [0.3, 0.4) is 0 Å². The molecule has 0 atom stereocenters. The van der Waals surface area contributed by atoms with Crippen LogP contribution in [0.2, 0.25) is 0 Å². The number of nitrogens with one attached hydrogen (secondary N) is 1. The largest absolute Gasteiger partial charge is 0.497 e. The van der Waals surface area contributed by atoms with E-state index in [-0.39, 0.29) is 5.91 Å². The molecule has 0 radical (unpaired) electrons. The Balaban J connectivity index is 1.28. The van der Waals surface area contributed by atoms with E-state index in [4.69, 9.17) is 4.74 Å². The summed E-state index contributed by atoms with van der Waals surface area (Å²) in [6.45, 7) is 6.77. The van der Waals surface area contributed by atoms with Gasteiger partial charge in [0.25, 0.3) is 5.91 Å². The highest BCUT2D eigenvalue weighted by atomic mass is 16.5. The highest BCUT2D eigenvalue weighted by Gasteiger charge is 2.18. The van der Waals surface area contributed by atoms with Crippen LogP contribution in [-0.4, -0.2) is 49.1 Å². The first-order valence-corrected chi connectivity index (χ1v) is 10.5. The summed E-state index contributed by atoms with van der Waals surface area (Å²) in [6.07, 6.45) is 1.73. The molecule has 2 aromatic carbocycles. The number of ether oxygens (including phenoxy) is 1. The van der Waals surface area contributed by atoms with Gasteiger partial charge in [-0.2, -0.15) is 0 Å². The Bertz CT molecular complexity index is 993. The Hall–Kier alpha value is -3.38. The number of anilines is 2. The second kappa shape index (κ2) is 9.62. The molecule has 1 saturated heterocycles. The predicted octanol–water partition coefficient (Wildman–Crippen LogP) is 3.97. The van der Waals surface area contributed by atoms with E-state index in [1.54, 1.807) is 13.3 Å². The van der Waals surface area contributed by atoms with Crippen molar-refractivity contribution in [1.29, 1.82) is 0 Å². The maximum absolute atomic E-state index is 12.4. The van der Waals surface area contributed by atoms with Crippen LogP contribution >= 0.6 is 0 Å². The zero-order valence-corrected chi connectivity index (χ0v) is 18.0. The second-order valence-electron chi connectivity index (χ2n) is 7.84. The summed E-state index contributed by atoms with van der Waals surface area (Å²) in [5.41, 5.74) is 3.77. The number of pyridine rings is 1. The Morgan fingerprint density at radius 1 is 0.968 bits per heavy atom. The number of amides is 1. The zero-order chi connectivity index (χ0) is 21.6. The normalized spacial score (nSPS) is 14.3. The minimum atomic E-state index is -0.123. The molecule has 6 heteroatoms. The van der Waals surface area contributed by atoms with Crippen molar-refractivity contribution in [3.05, 3.63) is 83.6 Å². The van der Waals surface area contributed by atoms with Crippen molar-refractivity contribution in [2.75, 3.05) is 43.5 Å². The monoisotopic (exact) mass is 416 g/mol. The van der Waals surface area contributed by atoms with E-state index in [9.17, 15) is 4.79 Å². The first-order valence-electron chi connectivity index (χ1n) is 10.5. The third-order valence-corrected chi connectivity index (χ3v) is 5.58. The van der Waals surface area contributed by atoms with Gasteiger partial charge in [0.1, 0.15) is 11.6 Å². The molecule has 6 nitrogen and oxygen atoms in total. The quantitative estimate of drug-likeness (QED) is 0.659. The fourth-order valence-electron chi connectivity index (χ4n) is 3.68. The maximum atomic E-state index is 12.4. The summed E-state index contributed by atoms with van der Waals surface area (Å²) in [6, 6.07) is 19.7. The van der Waals surface area contributed by atoms with E-state index in [0.717, 1.165) is 49.9 Å². The van der Waals surface area contributed by atoms with Gasteiger partial charge in [-0.05, 0) is 48.9 Å². The van der Waals surface area contributed by atoms with Gasteiger partial charge in [0.05, 0.1) is 19.0 Å². The number of carbonyl (C=O) groups is 1. The van der Waals surface area contributed by atoms with Crippen LogP contribution in [0.15, 0.2) is 66.9 Å². The second-order valence-corrected chi connectivity index (χ2v) is 7.84. The van der Waals surface area contributed by atoms with Crippen molar-refractivity contribution in [2.24, 2.45) is 0 Å². The van der Waals surface area contributed by atoms with Crippen LogP contribution in [0.5, 0.6) is 5.75 Å². The van der Waals surface area contributed by atoms with Crippen LogP contribution in [0, 0.1) is 6.92 Å². The van der Waals surface area contributed by atoms with Crippen molar-refractivity contribution in [3.63, 3.8) is 0 Å². The van der Waals surface area contributed by atoms with Gasteiger partial charge in [0, 0.05) is 38.3 Å². The first kappa shape index (κ1) is 20.9. The van der Waals surface area contributed by atoms with Gasteiger partial charge in [-0.3, -0.25) is 9.69 Å². The van der Waals surface area contributed by atoms with E-state index in [1.807, 2.05) is 55.5 Å². The van der Waals surface area contributed by atoms with Crippen molar-refractivity contribution in [2.45, 2.75) is 13.5 Å². The highest BCUT2D eigenvalue weighted by Crippen LogP contribution is 2.19. The lowest BCUT2D eigenvalue weighted by Gasteiger charge is -2.35. The number of nitrogens with zero attached hydrogens (tertiary/aromatic N) is 3. The number of carbonyl (C=O) groups excluding carboxylic acids is 1. The van der Waals surface area contributed by atoms with Gasteiger partial charge >= 0.3 is 0 Å². The van der Waals surface area contributed by atoms with Crippen LogP contribution < -0.4 is 15.0 Å². The fraction of sp³-hybridized carbons (Fsp3) is 0.280. The molecule has 1 fully saturated rings. The number of rotatable bonds is 6. The highest BCUT2D eigenvalue weighted by molar-refractivity contribution is 6.04. The molecule has 1 N–H and O–H groups in total. The van der Waals surface area contributed by atoms with Crippen LogP contribution in [0.4, 0.5) is 11.5 Å². The van der Waals surface area contributed by atoms with Crippen LogP contribution in [0.1, 0.15) is 21.5 Å². The predicted molar refractivity (Wildman–Crippen MR) is 124 cm³/mol. The molecule has 1 aromatic heterocycles. The maximum Gasteiger partial charge on any atom is 0.255 e. The van der Waals surface area contributed by atoms with Crippen LogP contribution in [-0.2, 0) is 6.54 Å². The molecule has 0 unspecified atom stereocenters. The molecule has 1 aliphatic rings. The number of hydrogen-bond donors (Lipinski definition) is 1. The van der Waals surface area contributed by atoms with Gasteiger partial charge in [-0.25, -0.2) is 4.98 Å². The fourth-order valence-corrected chi connectivity index (χ4v) is 3.68. The Labute approximate surface area is 183 Å². The molecule has 31 heavy (non-hydrogen) atoms. The van der Waals surface area contributed by atoms with Gasteiger partial charge < -0.3 is 15.0 Å². The number of methoxy groups -OCH3 is 1. The topological polar surface area (TPSA) is 57.7 Å². The average molecular weight is 417 g/mol. The van der Waals surface area contributed by atoms with Crippen LogP contribution in [0.25, 0.3) is 0 Å². The van der Waals surface area contributed by atoms with E-state index in [2.05, 4.69) is 32.2 Å². The molecule has 0 spiro atoms. The molecule has 0 bridgehead atoms. The molecule has 4 rings (SSSR count). The SMILES string of the molecule is COc1ccc(CN2CCN(c3ccc(NC(=O)c4ccc(C)cc4)cn3)CC2)cc1. The molecular formula is C25H28N4O2. The summed E-state index contributed by atoms with van der Waals surface area (Å²) in [5, 5.41) is 2.91. The lowest BCUT2D eigenvalue weighted by molar-refractivity contribution is 0.102. The van der Waals surface area contributed by atoms with E-state index in [1.165, 1.54) is 5.56 Å². The average Bonchev–Trinajstić information content (AvgIpc) is 2.81. The minimum Gasteiger partial charge on any atom is -0.497 e. The van der Waals surface area contributed by atoms with E-state index in [0.29, 0.717) is 11.3 Å². The van der Waals surface area contributed by atoms with E-state index < -0.39 is 0 Å². The molecule has 1 amide bonds. The van der Waals surface area contributed by atoms with Crippen molar-refractivity contribution < 1.29 is 9.53 Å². The Kier molecular flexibility index (Phi) is 6.48. The summed E-state index contributed by atoms with van der Waals surface area (Å²) in [7, 11) is 1.69. The van der Waals surface area contributed by atoms with E-state index >= 15 is 0 Å². The van der Waals surface area contributed by atoms with Gasteiger partial charge in [-0.15, -0.1) is 0 Å². The lowest BCUT2D eigenvalue weighted by atomic mass is 10.1. The first-order chi connectivity index (χ1) is 15.1. The van der Waals surface area contributed by atoms with Gasteiger partial charge in [-0.1, -0.05) is 29.8 Å². The van der Waals surface area contributed by atoms with Gasteiger partial charge in [0.2, 0.25) is 0 Å². The third-order valence-electron chi connectivity index (χ3n) is 5.58. The molecule has 0 aliphatic carbocycles. The molecule has 160 valence electrons. The number of aryl methyl sites for hydroxylation is 1. The smallest absolute Gasteiger partial charge is 0.255 e. The number of hydrogen-bond acceptors (Lipinski definition) is 5. The van der Waals surface area contributed by atoms with Crippen molar-refractivity contribution in [3.8, 4) is 5.75 Å². The molecular weight excluding hydrogens is 388 g/mol. The molecule has 3 aromatic rings. The summed E-state index contributed by atoms with van der Waals surface area (Å²) in [4.78, 5) is 21.7. The summed E-state index contributed by atoms with van der Waals surface area (Å²) >= 11 is 0. The molecule has 1 aliphatic heterocycles. The minimum absolute atomic E-state index is 0.123. The van der Waals surface area contributed by atoms with Crippen molar-refractivity contribution >= 4 is 17.4 Å². The van der Waals surface area contributed by atoms with Gasteiger partial charge in [0.15, 0.2) is 0 Å². The van der Waals surface area contributed by atoms with Crippen molar-refractivity contribution in [1.82, 2.24) is 9.88 Å². The molecule has 2 heterocycles. The number of piperazine rings is 1. The Morgan fingerprint density at radius 2 is 1.68 bits per heavy atom. The third kappa shape index (κ3) is 5.41. The number of aromatic nitrogens is 1. The molecule has 0 saturated carbocycles. The number of benzene rings is 2. The summed E-state index contributed by atoms with van der Waals surface area (Å²) in [5.74, 6) is 1.71. The summed E-state index contributed by atoms with van der Waals surface area (Å²) < 4.78 is 5.23. The standard InChI is InChI=1S/C25H28N4O2/c1-19-3-7-21(8-4-19)25(30)27-22-9-12-24(26-17-22)29-15-13-28(14-16-29)18-20-5-10-23(31-2)11-6-20/h3-12,17H,13-16,18H2,1-2H3,(H,27,30). The lowest BCUT2D eigenvalue weighted by Crippen LogP contribution is -2.46. The Morgan fingerprint density at radius 3 is 2.29 bits per heavy atom.